The smallest absolute Gasteiger partial charge is 0.338 e. The zero-order valence-corrected chi connectivity index (χ0v) is 11.4. The van der Waals surface area contributed by atoms with Gasteiger partial charge in [0.1, 0.15) is 0 Å². The summed E-state index contributed by atoms with van der Waals surface area (Å²) in [5, 5.41) is 0. The van der Waals surface area contributed by atoms with Crippen molar-refractivity contribution in [1.29, 1.82) is 0 Å². The molecule has 17 heavy (non-hydrogen) atoms. The van der Waals surface area contributed by atoms with Crippen LogP contribution in [0.2, 0.25) is 0 Å². The fraction of sp³-hybridized carbons (Fsp3) is 0.462. The van der Waals surface area contributed by atoms with Gasteiger partial charge in [0.05, 0.1) is 12.2 Å². The van der Waals surface area contributed by atoms with Gasteiger partial charge in [-0.25, -0.2) is 4.79 Å². The van der Waals surface area contributed by atoms with Gasteiger partial charge in [0.2, 0.25) is 0 Å². The number of hydrogen-bond acceptors (Lipinski definition) is 2. The molecule has 4 heteroatoms. The summed E-state index contributed by atoms with van der Waals surface area (Å²) in [4.78, 5) is 11.9. The van der Waals surface area contributed by atoms with Gasteiger partial charge in [-0.15, -0.1) is 23.2 Å². The normalized spacial score (nSPS) is 10.3. The minimum absolute atomic E-state index is 0.298. The van der Waals surface area contributed by atoms with E-state index in [0.717, 1.165) is 24.0 Å². The van der Waals surface area contributed by atoms with Crippen molar-refractivity contribution < 1.29 is 9.53 Å². The molecule has 1 aromatic rings. The van der Waals surface area contributed by atoms with Crippen LogP contribution < -0.4 is 0 Å². The maximum atomic E-state index is 11.9. The predicted molar refractivity (Wildman–Crippen MR) is 71.0 cm³/mol. The fourth-order valence-corrected chi connectivity index (χ4v) is 2.05. The number of carbonyl (C=O) groups is 1. The van der Waals surface area contributed by atoms with Crippen LogP contribution in [0.15, 0.2) is 18.2 Å². The van der Waals surface area contributed by atoms with Gasteiger partial charge in [0.25, 0.3) is 0 Å². The molecule has 0 aliphatic heterocycles. The van der Waals surface area contributed by atoms with Crippen LogP contribution in [0.5, 0.6) is 0 Å². The van der Waals surface area contributed by atoms with E-state index in [0.29, 0.717) is 23.9 Å². The summed E-state index contributed by atoms with van der Waals surface area (Å²) >= 11 is 11.5. The average molecular weight is 275 g/mol. The zero-order chi connectivity index (χ0) is 12.7. The molecule has 0 aromatic heterocycles. The Labute approximate surface area is 112 Å². The van der Waals surface area contributed by atoms with E-state index in [2.05, 4.69) is 0 Å². The Bertz CT molecular complexity index is 378. The van der Waals surface area contributed by atoms with Crippen molar-refractivity contribution in [2.75, 3.05) is 12.5 Å². The van der Waals surface area contributed by atoms with E-state index in [1.165, 1.54) is 0 Å². The maximum Gasteiger partial charge on any atom is 0.338 e. The molecule has 0 aliphatic carbocycles. The van der Waals surface area contributed by atoms with Crippen LogP contribution in [0, 0.1) is 0 Å². The van der Waals surface area contributed by atoms with E-state index in [4.69, 9.17) is 27.9 Å². The van der Waals surface area contributed by atoms with Crippen LogP contribution in [0.4, 0.5) is 0 Å². The van der Waals surface area contributed by atoms with Crippen molar-refractivity contribution in [2.45, 2.75) is 25.6 Å². The molecule has 0 aliphatic rings. The molecule has 0 bridgehead atoms. The van der Waals surface area contributed by atoms with Crippen molar-refractivity contribution in [1.82, 2.24) is 0 Å². The molecular weight excluding hydrogens is 259 g/mol. The molecule has 0 saturated carbocycles. The number of rotatable bonds is 6. The highest BCUT2D eigenvalue weighted by Gasteiger charge is 2.16. The lowest BCUT2D eigenvalue weighted by molar-refractivity contribution is 0.0524. The lowest BCUT2D eigenvalue weighted by atomic mass is 9.98. The summed E-state index contributed by atoms with van der Waals surface area (Å²) in [5.41, 5.74) is 2.38. The molecule has 0 fully saturated rings. The molecule has 2 nitrogen and oxygen atoms in total. The zero-order valence-electron chi connectivity index (χ0n) is 9.84. The number of aryl methyl sites for hydroxylation is 1. The highest BCUT2D eigenvalue weighted by atomic mass is 35.5. The topological polar surface area (TPSA) is 26.3 Å². The van der Waals surface area contributed by atoms with Crippen molar-refractivity contribution in [3.63, 3.8) is 0 Å². The molecule has 1 aromatic carbocycles. The van der Waals surface area contributed by atoms with Gasteiger partial charge in [0, 0.05) is 11.8 Å². The Morgan fingerprint density at radius 1 is 1.29 bits per heavy atom. The van der Waals surface area contributed by atoms with Crippen LogP contribution >= 0.6 is 23.2 Å². The first kappa shape index (κ1) is 14.3. The highest BCUT2D eigenvalue weighted by molar-refractivity contribution is 6.18. The number of halogens is 2. The first-order chi connectivity index (χ1) is 8.24. The van der Waals surface area contributed by atoms with Gasteiger partial charge in [-0.1, -0.05) is 18.2 Å². The second-order valence-corrected chi connectivity index (χ2v) is 4.24. The minimum atomic E-state index is -0.298. The van der Waals surface area contributed by atoms with Gasteiger partial charge >= 0.3 is 5.97 Å². The number of ether oxygens (including phenoxy) is 1. The lowest BCUT2D eigenvalue weighted by Crippen LogP contribution is -2.11. The van der Waals surface area contributed by atoms with Gasteiger partial charge < -0.3 is 4.74 Å². The predicted octanol–water partition coefficient (Wildman–Crippen LogP) is 3.77. The largest absolute Gasteiger partial charge is 0.462 e. The summed E-state index contributed by atoms with van der Waals surface area (Å²) in [6.45, 7) is 2.16. The number of hydrogen-bond donors (Lipinski definition) is 0. The van der Waals surface area contributed by atoms with E-state index in [9.17, 15) is 4.79 Å². The van der Waals surface area contributed by atoms with Gasteiger partial charge in [-0.3, -0.25) is 0 Å². The first-order valence-corrected chi connectivity index (χ1v) is 6.71. The third-order valence-corrected chi connectivity index (χ3v) is 3.00. The molecule has 0 unspecified atom stereocenters. The number of benzene rings is 1. The molecule has 0 N–H and O–H groups in total. The maximum absolute atomic E-state index is 11.9. The second-order valence-electron chi connectivity index (χ2n) is 3.60. The monoisotopic (exact) mass is 274 g/mol. The molecule has 1 rings (SSSR count). The quantitative estimate of drug-likeness (QED) is 0.583. The van der Waals surface area contributed by atoms with E-state index in [1.807, 2.05) is 18.2 Å². The number of carbonyl (C=O) groups excluding carboxylic acids is 1. The molecular formula is C13H16Cl2O2. The fourth-order valence-electron chi connectivity index (χ4n) is 1.70. The summed E-state index contributed by atoms with van der Waals surface area (Å²) in [7, 11) is 0. The van der Waals surface area contributed by atoms with Crippen molar-refractivity contribution >= 4 is 29.2 Å². The Kier molecular flexibility index (Phi) is 6.38. The highest BCUT2D eigenvalue weighted by Crippen LogP contribution is 2.20. The number of esters is 1. The van der Waals surface area contributed by atoms with Crippen LogP contribution in [0.1, 0.15) is 34.8 Å². The summed E-state index contributed by atoms with van der Waals surface area (Å²) < 4.78 is 5.06. The molecule has 0 radical (unpaired) electrons. The Hall–Kier alpha value is -0.730. The van der Waals surface area contributed by atoms with Crippen LogP contribution in [0.25, 0.3) is 0 Å². The summed E-state index contributed by atoms with van der Waals surface area (Å²) in [6.07, 6.45) is 1.60. The molecule has 94 valence electrons. The Morgan fingerprint density at radius 3 is 2.59 bits per heavy atom. The van der Waals surface area contributed by atoms with Crippen LogP contribution in [-0.4, -0.2) is 18.5 Å². The van der Waals surface area contributed by atoms with Crippen LogP contribution in [-0.2, 0) is 17.0 Å². The molecule has 0 atom stereocenters. The summed E-state index contributed by atoms with van der Waals surface area (Å²) in [5.74, 6) is 0.587. The van der Waals surface area contributed by atoms with Crippen molar-refractivity contribution in [3.05, 3.63) is 34.9 Å². The van der Waals surface area contributed by atoms with E-state index < -0.39 is 0 Å². The van der Waals surface area contributed by atoms with Gasteiger partial charge in [-0.05, 0) is 30.9 Å². The third-order valence-electron chi connectivity index (χ3n) is 2.44. The minimum Gasteiger partial charge on any atom is -0.462 e. The first-order valence-electron chi connectivity index (χ1n) is 5.64. The van der Waals surface area contributed by atoms with Gasteiger partial charge in [-0.2, -0.15) is 0 Å². The Balaban J connectivity index is 3.06. The van der Waals surface area contributed by atoms with Crippen LogP contribution in [0.3, 0.4) is 0 Å². The van der Waals surface area contributed by atoms with Crippen molar-refractivity contribution in [2.24, 2.45) is 0 Å². The summed E-state index contributed by atoms with van der Waals surface area (Å²) in [6, 6.07) is 5.68. The SMILES string of the molecule is CCOC(=O)c1c(CCl)cccc1CCCCl. The molecule has 0 amide bonds. The van der Waals surface area contributed by atoms with Crippen molar-refractivity contribution in [3.8, 4) is 0 Å². The molecule has 0 heterocycles. The second kappa shape index (κ2) is 7.57. The Morgan fingerprint density at radius 2 is 2.00 bits per heavy atom. The van der Waals surface area contributed by atoms with Gasteiger partial charge in [0.15, 0.2) is 0 Å². The van der Waals surface area contributed by atoms with E-state index in [1.54, 1.807) is 6.92 Å². The molecule has 0 spiro atoms. The number of alkyl halides is 2. The molecule has 0 saturated heterocycles. The standard InChI is InChI=1S/C13H16Cl2O2/c1-2-17-13(16)12-10(7-4-8-14)5-3-6-11(12)9-15/h3,5-6H,2,4,7-9H2,1H3. The van der Waals surface area contributed by atoms with E-state index >= 15 is 0 Å². The average Bonchev–Trinajstić information content (AvgIpc) is 2.35. The van der Waals surface area contributed by atoms with E-state index in [-0.39, 0.29) is 5.97 Å². The third kappa shape index (κ3) is 3.90. The lowest BCUT2D eigenvalue weighted by Gasteiger charge is -2.12.